The number of carboxylic acids is 1. The van der Waals surface area contributed by atoms with Crippen molar-refractivity contribution in [1.82, 2.24) is 9.88 Å². The number of benzene rings is 1. The lowest BCUT2D eigenvalue weighted by molar-refractivity contribution is 0.0686. The summed E-state index contributed by atoms with van der Waals surface area (Å²) in [5.74, 6) is -0.327. The van der Waals surface area contributed by atoms with Crippen LogP contribution >= 0.6 is 0 Å². The summed E-state index contributed by atoms with van der Waals surface area (Å²) in [6, 6.07) is 6.24. The van der Waals surface area contributed by atoms with Gasteiger partial charge >= 0.3 is 5.97 Å². The molecule has 0 unspecified atom stereocenters. The number of rotatable bonds is 2. The van der Waals surface area contributed by atoms with Crippen LogP contribution in [0.3, 0.4) is 0 Å². The number of aromatic nitrogens is 1. The Labute approximate surface area is 118 Å². The zero-order valence-electron chi connectivity index (χ0n) is 11.9. The number of aromatic carboxylic acids is 1. The molecule has 20 heavy (non-hydrogen) atoms. The summed E-state index contributed by atoms with van der Waals surface area (Å²) in [6.07, 6.45) is 2.23. The van der Waals surface area contributed by atoms with E-state index in [0.29, 0.717) is 11.6 Å². The second-order valence-corrected chi connectivity index (χ2v) is 5.61. The van der Waals surface area contributed by atoms with Gasteiger partial charge in [-0.25, -0.2) is 4.79 Å². The molecular weight excluding hydrogens is 252 g/mol. The SMILES string of the molecule is Cc1c(C(=O)O)n(C)c2c(C3CCNCC3)cccc12. The summed E-state index contributed by atoms with van der Waals surface area (Å²) in [7, 11) is 1.86. The van der Waals surface area contributed by atoms with Crippen LogP contribution in [0.5, 0.6) is 0 Å². The van der Waals surface area contributed by atoms with Crippen LogP contribution in [0.25, 0.3) is 10.9 Å². The normalized spacial score (nSPS) is 16.7. The van der Waals surface area contributed by atoms with Gasteiger partial charge in [0.15, 0.2) is 0 Å². The van der Waals surface area contributed by atoms with E-state index in [0.717, 1.165) is 42.4 Å². The molecule has 0 amide bonds. The number of aryl methyl sites for hydroxylation is 2. The molecule has 0 aliphatic carbocycles. The maximum absolute atomic E-state index is 11.5. The molecule has 1 aliphatic rings. The van der Waals surface area contributed by atoms with Crippen molar-refractivity contribution in [2.24, 2.45) is 7.05 Å². The monoisotopic (exact) mass is 272 g/mol. The molecule has 0 atom stereocenters. The third kappa shape index (κ3) is 1.91. The van der Waals surface area contributed by atoms with E-state index in [2.05, 4.69) is 17.4 Å². The number of para-hydroxylation sites is 1. The fourth-order valence-electron chi connectivity index (χ4n) is 3.50. The second-order valence-electron chi connectivity index (χ2n) is 5.61. The molecule has 1 aliphatic heterocycles. The van der Waals surface area contributed by atoms with E-state index in [1.165, 1.54) is 5.56 Å². The highest BCUT2D eigenvalue weighted by atomic mass is 16.4. The molecule has 1 aromatic heterocycles. The van der Waals surface area contributed by atoms with Crippen LogP contribution in [0, 0.1) is 6.92 Å². The van der Waals surface area contributed by atoms with E-state index in [-0.39, 0.29) is 0 Å². The van der Waals surface area contributed by atoms with Gasteiger partial charge in [-0.3, -0.25) is 0 Å². The summed E-state index contributed by atoms with van der Waals surface area (Å²) >= 11 is 0. The molecule has 2 N–H and O–H groups in total. The maximum atomic E-state index is 11.5. The van der Waals surface area contributed by atoms with Crippen molar-refractivity contribution < 1.29 is 9.90 Å². The van der Waals surface area contributed by atoms with Gasteiger partial charge in [0, 0.05) is 12.4 Å². The van der Waals surface area contributed by atoms with Gasteiger partial charge in [0.2, 0.25) is 0 Å². The number of carboxylic acid groups (broad SMARTS) is 1. The number of carbonyl (C=O) groups is 1. The molecule has 1 fully saturated rings. The Morgan fingerprint density at radius 2 is 2.05 bits per heavy atom. The number of nitrogens with one attached hydrogen (secondary N) is 1. The molecule has 0 radical (unpaired) electrons. The Morgan fingerprint density at radius 3 is 2.70 bits per heavy atom. The van der Waals surface area contributed by atoms with Crippen molar-refractivity contribution >= 4 is 16.9 Å². The van der Waals surface area contributed by atoms with Crippen LogP contribution in [-0.2, 0) is 7.05 Å². The summed E-state index contributed by atoms with van der Waals surface area (Å²) < 4.78 is 1.85. The highest BCUT2D eigenvalue weighted by Gasteiger charge is 2.23. The average Bonchev–Trinajstić information content (AvgIpc) is 2.72. The van der Waals surface area contributed by atoms with Crippen molar-refractivity contribution in [3.63, 3.8) is 0 Å². The van der Waals surface area contributed by atoms with Gasteiger partial charge in [-0.2, -0.15) is 0 Å². The topological polar surface area (TPSA) is 54.3 Å². The van der Waals surface area contributed by atoms with Crippen LogP contribution in [0.15, 0.2) is 18.2 Å². The first-order valence-corrected chi connectivity index (χ1v) is 7.13. The molecular formula is C16H20N2O2. The minimum absolute atomic E-state index is 0.404. The van der Waals surface area contributed by atoms with Gasteiger partial charge in [-0.15, -0.1) is 0 Å². The highest BCUT2D eigenvalue weighted by Crippen LogP contribution is 2.34. The summed E-state index contributed by atoms with van der Waals surface area (Å²) in [5.41, 5.74) is 3.66. The average molecular weight is 272 g/mol. The number of hydrogen-bond acceptors (Lipinski definition) is 2. The zero-order chi connectivity index (χ0) is 14.3. The van der Waals surface area contributed by atoms with E-state index in [9.17, 15) is 9.90 Å². The Kier molecular flexibility index (Phi) is 3.26. The van der Waals surface area contributed by atoms with Crippen LogP contribution in [-0.4, -0.2) is 28.7 Å². The fraction of sp³-hybridized carbons (Fsp3) is 0.438. The number of piperidine rings is 1. The first kappa shape index (κ1) is 13.2. The molecule has 0 saturated carbocycles. The van der Waals surface area contributed by atoms with Crippen molar-refractivity contribution in [2.75, 3.05) is 13.1 Å². The van der Waals surface area contributed by atoms with Gasteiger partial charge in [0.25, 0.3) is 0 Å². The van der Waals surface area contributed by atoms with Crippen LogP contribution in [0.4, 0.5) is 0 Å². The standard InChI is InChI=1S/C16H20N2O2/c1-10-12-4-3-5-13(11-6-8-17-9-7-11)15(12)18(2)14(10)16(19)20/h3-5,11,17H,6-9H2,1-2H3,(H,19,20). The lowest BCUT2D eigenvalue weighted by Crippen LogP contribution is -2.26. The fourth-order valence-corrected chi connectivity index (χ4v) is 3.50. The lowest BCUT2D eigenvalue weighted by Gasteiger charge is -2.24. The van der Waals surface area contributed by atoms with Gasteiger partial charge in [0.05, 0.1) is 5.52 Å². The van der Waals surface area contributed by atoms with E-state index in [4.69, 9.17) is 0 Å². The van der Waals surface area contributed by atoms with E-state index < -0.39 is 5.97 Å². The summed E-state index contributed by atoms with van der Waals surface area (Å²) in [6.45, 7) is 3.98. The predicted molar refractivity (Wildman–Crippen MR) is 79.5 cm³/mol. The first-order chi connectivity index (χ1) is 9.61. The maximum Gasteiger partial charge on any atom is 0.352 e. The van der Waals surface area contributed by atoms with E-state index >= 15 is 0 Å². The minimum Gasteiger partial charge on any atom is -0.477 e. The number of nitrogens with zero attached hydrogens (tertiary/aromatic N) is 1. The molecule has 4 nitrogen and oxygen atoms in total. The molecule has 1 saturated heterocycles. The molecule has 2 heterocycles. The molecule has 1 aromatic carbocycles. The molecule has 106 valence electrons. The lowest BCUT2D eigenvalue weighted by atomic mass is 9.89. The summed E-state index contributed by atoms with van der Waals surface area (Å²) in [4.78, 5) is 11.5. The van der Waals surface area contributed by atoms with Crippen molar-refractivity contribution in [3.8, 4) is 0 Å². The first-order valence-electron chi connectivity index (χ1n) is 7.13. The highest BCUT2D eigenvalue weighted by molar-refractivity contribution is 5.99. The Balaban J connectivity index is 2.23. The van der Waals surface area contributed by atoms with Gasteiger partial charge in [-0.05, 0) is 49.9 Å². The van der Waals surface area contributed by atoms with Crippen LogP contribution < -0.4 is 5.32 Å². The van der Waals surface area contributed by atoms with Crippen LogP contribution in [0.2, 0.25) is 0 Å². The third-order valence-electron chi connectivity index (χ3n) is 4.48. The molecule has 2 aromatic rings. The predicted octanol–water partition coefficient (Wildman–Crippen LogP) is 2.65. The molecule has 0 spiro atoms. The van der Waals surface area contributed by atoms with Crippen molar-refractivity contribution in [3.05, 3.63) is 35.0 Å². The zero-order valence-corrected chi connectivity index (χ0v) is 11.9. The number of fused-ring (bicyclic) bond motifs is 1. The van der Waals surface area contributed by atoms with E-state index in [1.807, 2.05) is 24.6 Å². The van der Waals surface area contributed by atoms with Crippen LogP contribution in [0.1, 0.15) is 40.4 Å². The van der Waals surface area contributed by atoms with Gasteiger partial charge in [0.1, 0.15) is 5.69 Å². The molecule has 3 rings (SSSR count). The Hall–Kier alpha value is -1.81. The smallest absolute Gasteiger partial charge is 0.352 e. The molecule has 0 bridgehead atoms. The quantitative estimate of drug-likeness (QED) is 0.883. The van der Waals surface area contributed by atoms with Crippen molar-refractivity contribution in [1.29, 1.82) is 0 Å². The van der Waals surface area contributed by atoms with Crippen molar-refractivity contribution in [2.45, 2.75) is 25.7 Å². The van der Waals surface area contributed by atoms with Gasteiger partial charge in [-0.1, -0.05) is 18.2 Å². The Bertz CT molecular complexity index is 667. The second kappa shape index (κ2) is 4.94. The third-order valence-corrected chi connectivity index (χ3v) is 4.48. The Morgan fingerprint density at radius 1 is 1.35 bits per heavy atom. The largest absolute Gasteiger partial charge is 0.477 e. The van der Waals surface area contributed by atoms with E-state index in [1.54, 1.807) is 0 Å². The van der Waals surface area contributed by atoms with Gasteiger partial charge < -0.3 is 15.0 Å². The minimum atomic E-state index is -0.850. The number of hydrogen-bond donors (Lipinski definition) is 2. The summed E-state index contributed by atoms with van der Waals surface area (Å²) in [5, 5.41) is 13.9. The molecule has 4 heteroatoms.